The average molecular weight is 269 g/mol. The van der Waals surface area contributed by atoms with Crippen molar-refractivity contribution in [1.82, 2.24) is 4.98 Å². The van der Waals surface area contributed by atoms with Gasteiger partial charge in [-0.1, -0.05) is 6.07 Å². The molecule has 96 valence electrons. The highest BCUT2D eigenvalue weighted by atomic mass is 32.2. The van der Waals surface area contributed by atoms with Crippen molar-refractivity contribution in [3.05, 3.63) is 29.6 Å². The summed E-state index contributed by atoms with van der Waals surface area (Å²) in [7, 11) is -3.66. The van der Waals surface area contributed by atoms with Crippen molar-refractivity contribution in [2.45, 2.75) is 19.2 Å². The summed E-state index contributed by atoms with van der Waals surface area (Å²) in [6.45, 7) is 1.41. The first-order valence-corrected chi connectivity index (χ1v) is 6.32. The molecule has 8 heteroatoms. The number of hydrogen-bond donors (Lipinski definition) is 0. The van der Waals surface area contributed by atoms with E-state index in [1.165, 1.54) is 6.92 Å². The molecule has 0 saturated carbocycles. The largest absolute Gasteiger partial charge is 0.433 e. The zero-order valence-corrected chi connectivity index (χ0v) is 9.84. The fraction of sp³-hybridized carbons (Fsp3) is 0.444. The number of rotatable bonds is 3. The molecule has 0 aliphatic rings. The first-order chi connectivity index (χ1) is 7.59. The molecule has 17 heavy (non-hydrogen) atoms. The van der Waals surface area contributed by atoms with Crippen molar-refractivity contribution in [2.75, 3.05) is 6.26 Å². The quantitative estimate of drug-likeness (QED) is 0.789. The molecule has 1 rings (SSSR count). The van der Waals surface area contributed by atoms with Crippen LogP contribution in [0, 0.1) is 0 Å². The first kappa shape index (κ1) is 13.9. The van der Waals surface area contributed by atoms with Gasteiger partial charge in [0.25, 0.3) is 10.1 Å². The second-order valence-corrected chi connectivity index (χ2v) is 5.02. The van der Waals surface area contributed by atoms with Crippen LogP contribution in [0.3, 0.4) is 0 Å². The van der Waals surface area contributed by atoms with E-state index in [-0.39, 0.29) is 5.56 Å². The van der Waals surface area contributed by atoms with Crippen molar-refractivity contribution in [3.63, 3.8) is 0 Å². The summed E-state index contributed by atoms with van der Waals surface area (Å²) in [5.74, 6) is 0. The highest BCUT2D eigenvalue weighted by Gasteiger charge is 2.32. The summed E-state index contributed by atoms with van der Waals surface area (Å²) >= 11 is 0. The lowest BCUT2D eigenvalue weighted by Gasteiger charge is -2.12. The van der Waals surface area contributed by atoms with Crippen LogP contribution in [0.15, 0.2) is 18.3 Å². The van der Waals surface area contributed by atoms with E-state index in [1.54, 1.807) is 0 Å². The van der Waals surface area contributed by atoms with Gasteiger partial charge in [0.15, 0.2) is 0 Å². The second-order valence-electron chi connectivity index (χ2n) is 3.42. The van der Waals surface area contributed by atoms with Crippen molar-refractivity contribution in [3.8, 4) is 0 Å². The molecule has 0 aliphatic heterocycles. The summed E-state index contributed by atoms with van der Waals surface area (Å²) in [4.78, 5) is 3.20. The van der Waals surface area contributed by atoms with Gasteiger partial charge in [0.2, 0.25) is 0 Å². The molecule has 0 bridgehead atoms. The number of alkyl halides is 3. The van der Waals surface area contributed by atoms with Gasteiger partial charge in [-0.15, -0.1) is 0 Å². The predicted octanol–water partition coefficient (Wildman–Crippen LogP) is 2.14. The number of nitrogens with zero attached hydrogens (tertiary/aromatic N) is 1. The average Bonchev–Trinajstić information content (AvgIpc) is 2.14. The summed E-state index contributed by atoms with van der Waals surface area (Å²) in [5.41, 5.74) is -0.781. The van der Waals surface area contributed by atoms with E-state index in [4.69, 9.17) is 0 Å². The molecule has 1 unspecified atom stereocenters. The molecule has 4 nitrogen and oxygen atoms in total. The summed E-state index contributed by atoms with van der Waals surface area (Å²) in [5, 5.41) is 0. The minimum absolute atomic E-state index is 0.253. The third-order valence-electron chi connectivity index (χ3n) is 1.87. The Morgan fingerprint density at radius 3 is 2.29 bits per heavy atom. The van der Waals surface area contributed by atoms with Gasteiger partial charge in [0.05, 0.1) is 6.26 Å². The van der Waals surface area contributed by atoms with Gasteiger partial charge in [-0.3, -0.25) is 9.17 Å². The van der Waals surface area contributed by atoms with Gasteiger partial charge < -0.3 is 0 Å². The molecular weight excluding hydrogens is 259 g/mol. The van der Waals surface area contributed by atoms with E-state index >= 15 is 0 Å². The van der Waals surface area contributed by atoms with Gasteiger partial charge in [0.1, 0.15) is 11.8 Å². The van der Waals surface area contributed by atoms with E-state index in [1.807, 2.05) is 0 Å². The van der Waals surface area contributed by atoms with Gasteiger partial charge in [-0.05, 0) is 13.0 Å². The maximum atomic E-state index is 12.2. The van der Waals surface area contributed by atoms with Crippen LogP contribution in [0.25, 0.3) is 0 Å². The zero-order valence-electron chi connectivity index (χ0n) is 9.02. The van der Waals surface area contributed by atoms with Crippen molar-refractivity contribution < 1.29 is 25.8 Å². The topological polar surface area (TPSA) is 56.3 Å². The fourth-order valence-electron chi connectivity index (χ4n) is 1.13. The maximum absolute atomic E-state index is 12.2. The van der Waals surface area contributed by atoms with Crippen LogP contribution in [-0.2, 0) is 20.5 Å². The van der Waals surface area contributed by atoms with E-state index in [0.29, 0.717) is 0 Å². The number of aromatic nitrogens is 1. The molecule has 0 spiro atoms. The standard InChI is InChI=1S/C9H10F3NO3S/c1-6(16-17(2,14)15)7-3-4-8(13-5-7)9(10,11)12/h3-6H,1-2H3. The molecule has 1 atom stereocenters. The molecular formula is C9H10F3NO3S. The third kappa shape index (κ3) is 4.31. The Hall–Kier alpha value is -1.15. The second kappa shape index (κ2) is 4.61. The SMILES string of the molecule is CC(OS(C)(=O)=O)c1ccc(C(F)(F)F)nc1. The van der Waals surface area contributed by atoms with Crippen LogP contribution in [0.5, 0.6) is 0 Å². The predicted molar refractivity (Wildman–Crippen MR) is 53.6 cm³/mol. The molecule has 1 aromatic heterocycles. The minimum atomic E-state index is -4.51. The smallest absolute Gasteiger partial charge is 0.262 e. The number of pyridine rings is 1. The minimum Gasteiger partial charge on any atom is -0.262 e. The molecule has 1 heterocycles. The van der Waals surface area contributed by atoms with E-state index < -0.39 is 28.1 Å². The monoisotopic (exact) mass is 269 g/mol. The summed E-state index contributed by atoms with van der Waals surface area (Å²) in [6.07, 6.45) is -3.58. The Morgan fingerprint density at radius 1 is 1.35 bits per heavy atom. The Morgan fingerprint density at radius 2 is 1.94 bits per heavy atom. The molecule has 0 amide bonds. The van der Waals surface area contributed by atoms with Gasteiger partial charge in [-0.2, -0.15) is 21.6 Å². The lowest BCUT2D eigenvalue weighted by Crippen LogP contribution is -2.10. The summed E-state index contributed by atoms with van der Waals surface area (Å²) < 4.78 is 62.8. The first-order valence-electron chi connectivity index (χ1n) is 4.51. The Bertz CT molecular complexity index is 481. The Balaban J connectivity index is 2.88. The van der Waals surface area contributed by atoms with Crippen LogP contribution in [-0.4, -0.2) is 19.7 Å². The highest BCUT2D eigenvalue weighted by molar-refractivity contribution is 7.86. The maximum Gasteiger partial charge on any atom is 0.433 e. The van der Waals surface area contributed by atoms with Gasteiger partial charge >= 0.3 is 6.18 Å². The van der Waals surface area contributed by atoms with E-state index in [9.17, 15) is 21.6 Å². The molecule has 0 N–H and O–H groups in total. The normalized spacial score (nSPS) is 14.6. The van der Waals surface area contributed by atoms with Crippen molar-refractivity contribution in [2.24, 2.45) is 0 Å². The van der Waals surface area contributed by atoms with Crippen LogP contribution < -0.4 is 0 Å². The van der Waals surface area contributed by atoms with Gasteiger partial charge in [0, 0.05) is 11.8 Å². The van der Waals surface area contributed by atoms with Crippen molar-refractivity contribution >= 4 is 10.1 Å². The molecule has 1 aromatic rings. The zero-order chi connectivity index (χ0) is 13.3. The molecule has 0 saturated heterocycles. The lowest BCUT2D eigenvalue weighted by molar-refractivity contribution is -0.141. The summed E-state index contributed by atoms with van der Waals surface area (Å²) in [6, 6.07) is 1.91. The van der Waals surface area contributed by atoms with Crippen LogP contribution in [0.1, 0.15) is 24.3 Å². The van der Waals surface area contributed by atoms with E-state index in [0.717, 1.165) is 24.6 Å². The lowest BCUT2D eigenvalue weighted by atomic mass is 10.2. The Kier molecular flexibility index (Phi) is 3.78. The number of halogens is 3. The number of hydrogen-bond acceptors (Lipinski definition) is 4. The molecule has 0 aliphatic carbocycles. The van der Waals surface area contributed by atoms with Crippen LogP contribution in [0.2, 0.25) is 0 Å². The fourth-order valence-corrected chi connectivity index (χ4v) is 1.77. The van der Waals surface area contributed by atoms with E-state index in [2.05, 4.69) is 9.17 Å². The molecule has 0 radical (unpaired) electrons. The third-order valence-corrected chi connectivity index (χ3v) is 2.50. The Labute approximate surface area is 96.6 Å². The molecule has 0 fully saturated rings. The van der Waals surface area contributed by atoms with Crippen LogP contribution in [0.4, 0.5) is 13.2 Å². The van der Waals surface area contributed by atoms with Crippen molar-refractivity contribution in [1.29, 1.82) is 0 Å². The van der Waals surface area contributed by atoms with Crippen LogP contribution >= 0.6 is 0 Å². The van der Waals surface area contributed by atoms with Gasteiger partial charge in [-0.25, -0.2) is 0 Å². The highest BCUT2D eigenvalue weighted by Crippen LogP contribution is 2.28. The molecule has 0 aromatic carbocycles.